The van der Waals surface area contributed by atoms with Gasteiger partial charge in [0.05, 0.1) is 29.5 Å². The van der Waals surface area contributed by atoms with Crippen LogP contribution in [0.3, 0.4) is 0 Å². The van der Waals surface area contributed by atoms with Gasteiger partial charge in [-0.05, 0) is 35.9 Å². The van der Waals surface area contributed by atoms with Crippen LogP contribution in [0.5, 0.6) is 0 Å². The van der Waals surface area contributed by atoms with Gasteiger partial charge in [-0.2, -0.15) is 18.2 Å². The van der Waals surface area contributed by atoms with Gasteiger partial charge in [0.15, 0.2) is 15.0 Å². The van der Waals surface area contributed by atoms with Crippen molar-refractivity contribution in [1.29, 1.82) is 0 Å². The molecule has 2 atom stereocenters. The number of alkyl halides is 3. The van der Waals surface area contributed by atoms with Gasteiger partial charge in [0, 0.05) is 10.9 Å². The van der Waals surface area contributed by atoms with Gasteiger partial charge < -0.3 is 4.90 Å². The van der Waals surface area contributed by atoms with Gasteiger partial charge in [0.2, 0.25) is 0 Å². The number of hydrogen-bond donors (Lipinski definition) is 0. The number of benzene rings is 2. The first-order valence-corrected chi connectivity index (χ1v) is 11.9. The van der Waals surface area contributed by atoms with Crippen LogP contribution in [0.2, 0.25) is 0 Å². The van der Waals surface area contributed by atoms with E-state index in [1.807, 2.05) is 0 Å². The number of aliphatic imine (C=N–C) groups is 1. The van der Waals surface area contributed by atoms with E-state index in [1.54, 1.807) is 0 Å². The van der Waals surface area contributed by atoms with Gasteiger partial charge in [-0.15, -0.1) is 0 Å². The summed E-state index contributed by atoms with van der Waals surface area (Å²) in [4.78, 5) is 18.0. The van der Waals surface area contributed by atoms with Gasteiger partial charge in [-0.3, -0.25) is 4.79 Å². The summed E-state index contributed by atoms with van der Waals surface area (Å²) >= 11 is 1.08. The second-order valence-corrected chi connectivity index (χ2v) is 10.7. The van der Waals surface area contributed by atoms with Crippen molar-refractivity contribution in [3.8, 4) is 0 Å². The summed E-state index contributed by atoms with van der Waals surface area (Å²) in [5.74, 6) is -1.37. The Hall–Kier alpha value is -2.40. The fourth-order valence-corrected chi connectivity index (χ4v) is 7.55. The van der Waals surface area contributed by atoms with Gasteiger partial charge in [-0.1, -0.05) is 30.0 Å². The normalized spacial score (nSPS) is 23.9. The molecule has 2 aromatic carbocycles. The molecule has 31 heavy (non-hydrogen) atoms. The Morgan fingerprint density at radius 1 is 1.13 bits per heavy atom. The fraction of sp³-hybridized carbons (Fsp3) is 0.300. The Labute approximate surface area is 180 Å². The van der Waals surface area contributed by atoms with Crippen LogP contribution < -0.4 is 4.90 Å². The van der Waals surface area contributed by atoms with Crippen LogP contribution in [-0.2, 0) is 27.2 Å². The highest BCUT2D eigenvalue weighted by molar-refractivity contribution is 8.16. The quantitative estimate of drug-likeness (QED) is 0.638. The third-order valence-electron chi connectivity index (χ3n) is 5.01. The number of sulfone groups is 1. The lowest BCUT2D eigenvalue weighted by Crippen LogP contribution is -2.38. The predicted octanol–water partition coefficient (Wildman–Crippen LogP) is 3.69. The van der Waals surface area contributed by atoms with E-state index < -0.39 is 44.6 Å². The van der Waals surface area contributed by atoms with Crippen molar-refractivity contribution in [3.05, 3.63) is 65.5 Å². The van der Waals surface area contributed by atoms with Crippen molar-refractivity contribution >= 4 is 38.4 Å². The number of carbonyl (C=O) groups excluding carboxylic acids is 1. The summed E-state index contributed by atoms with van der Waals surface area (Å²) in [6, 6.07) is 9.22. The second-order valence-electron chi connectivity index (χ2n) is 7.31. The van der Waals surface area contributed by atoms with Crippen LogP contribution in [0.1, 0.15) is 11.1 Å². The highest BCUT2D eigenvalue weighted by atomic mass is 32.2. The van der Waals surface area contributed by atoms with Crippen LogP contribution in [0.25, 0.3) is 0 Å². The summed E-state index contributed by atoms with van der Waals surface area (Å²) in [6.45, 7) is 0. The van der Waals surface area contributed by atoms with E-state index in [4.69, 9.17) is 0 Å². The number of carbonyl (C=O) groups is 1. The largest absolute Gasteiger partial charge is 0.416 e. The zero-order chi connectivity index (χ0) is 22.4. The summed E-state index contributed by atoms with van der Waals surface area (Å²) in [5.41, 5.74) is -0.219. The molecule has 0 saturated carbocycles. The Bertz CT molecular complexity index is 1150. The molecule has 2 fully saturated rings. The Kier molecular flexibility index (Phi) is 5.59. The number of amides is 1. The molecule has 0 bridgehead atoms. The Morgan fingerprint density at radius 2 is 1.84 bits per heavy atom. The zero-order valence-corrected chi connectivity index (χ0v) is 17.5. The number of hydrogen-bond acceptors (Lipinski definition) is 4. The minimum Gasteiger partial charge on any atom is -0.316 e. The van der Waals surface area contributed by atoms with E-state index >= 15 is 0 Å². The van der Waals surface area contributed by atoms with Crippen LogP contribution in [0.4, 0.5) is 23.2 Å². The molecule has 1 amide bonds. The maximum Gasteiger partial charge on any atom is 0.416 e. The molecule has 0 radical (unpaired) electrons. The third kappa shape index (κ3) is 4.77. The molecule has 0 unspecified atom stereocenters. The molecular formula is C20H16F4N2O3S2. The van der Waals surface area contributed by atoms with Crippen molar-refractivity contribution in [2.75, 3.05) is 16.4 Å². The second kappa shape index (κ2) is 7.94. The highest BCUT2D eigenvalue weighted by Crippen LogP contribution is 2.42. The predicted molar refractivity (Wildman–Crippen MR) is 110 cm³/mol. The Morgan fingerprint density at radius 3 is 2.52 bits per heavy atom. The molecule has 164 valence electrons. The number of rotatable bonds is 3. The lowest BCUT2D eigenvalue weighted by atomic mass is 10.1. The molecule has 0 spiro atoms. The number of nitrogens with zero attached hydrogens (tertiary/aromatic N) is 2. The lowest BCUT2D eigenvalue weighted by Gasteiger charge is -2.25. The van der Waals surface area contributed by atoms with Crippen LogP contribution >= 0.6 is 11.8 Å². The van der Waals surface area contributed by atoms with Gasteiger partial charge in [0.1, 0.15) is 5.82 Å². The van der Waals surface area contributed by atoms with E-state index in [1.165, 1.54) is 41.3 Å². The van der Waals surface area contributed by atoms with Crippen LogP contribution in [0.15, 0.2) is 53.5 Å². The SMILES string of the molecule is O=C(Cc1ccc(F)cc1)N=C1S[C@@H]2CS(=O)(=O)C[C@H]2N1c1cccc(C(F)(F)F)c1. The molecule has 2 aliphatic heterocycles. The van der Waals surface area contributed by atoms with E-state index in [9.17, 15) is 30.8 Å². The molecule has 0 N–H and O–H groups in total. The van der Waals surface area contributed by atoms with Crippen molar-refractivity contribution < 1.29 is 30.8 Å². The van der Waals surface area contributed by atoms with E-state index in [-0.39, 0.29) is 28.8 Å². The smallest absolute Gasteiger partial charge is 0.316 e. The minimum atomic E-state index is -4.57. The van der Waals surface area contributed by atoms with Crippen LogP contribution in [-0.4, -0.2) is 42.3 Å². The number of amidine groups is 1. The standard InChI is InChI=1S/C20H16F4N2O3S2/c21-14-6-4-12(5-7-14)8-18(27)25-19-26(16-10-31(28,29)11-17(16)30-19)15-3-1-2-13(9-15)20(22,23)24/h1-7,9,16-17H,8,10-11H2/t16-,17-/m1/s1. The zero-order valence-electron chi connectivity index (χ0n) is 15.8. The van der Waals surface area contributed by atoms with E-state index in [2.05, 4.69) is 4.99 Å². The molecule has 11 heteroatoms. The maximum atomic E-state index is 13.2. The first kappa shape index (κ1) is 21.8. The molecule has 5 nitrogen and oxygen atoms in total. The molecular weight excluding hydrogens is 456 g/mol. The summed E-state index contributed by atoms with van der Waals surface area (Å²) < 4.78 is 76.8. The van der Waals surface area contributed by atoms with Crippen molar-refractivity contribution in [1.82, 2.24) is 0 Å². The summed E-state index contributed by atoms with van der Waals surface area (Å²) in [6.07, 6.45) is -4.69. The van der Waals surface area contributed by atoms with Crippen molar-refractivity contribution in [3.63, 3.8) is 0 Å². The fourth-order valence-electron chi connectivity index (χ4n) is 3.62. The molecule has 4 rings (SSSR count). The monoisotopic (exact) mass is 472 g/mol. The first-order valence-electron chi connectivity index (χ1n) is 9.21. The molecule has 0 aliphatic carbocycles. The van der Waals surface area contributed by atoms with Crippen LogP contribution in [0, 0.1) is 5.82 Å². The first-order chi connectivity index (χ1) is 14.5. The van der Waals surface area contributed by atoms with E-state index in [0.717, 1.165) is 23.9 Å². The molecule has 2 heterocycles. The van der Waals surface area contributed by atoms with Crippen molar-refractivity contribution in [2.24, 2.45) is 4.99 Å². The highest BCUT2D eigenvalue weighted by Gasteiger charge is 2.49. The molecule has 2 aliphatic rings. The molecule has 0 aromatic heterocycles. The average Bonchev–Trinajstić information content (AvgIpc) is 3.13. The summed E-state index contributed by atoms with van der Waals surface area (Å²) in [5, 5.41) is -0.270. The molecule has 2 aromatic rings. The maximum absolute atomic E-state index is 13.2. The number of fused-ring (bicyclic) bond motifs is 1. The van der Waals surface area contributed by atoms with Crippen molar-refractivity contribution in [2.45, 2.75) is 23.9 Å². The number of halogens is 4. The van der Waals surface area contributed by atoms with E-state index in [0.29, 0.717) is 5.56 Å². The Balaban J connectivity index is 1.67. The van der Waals surface area contributed by atoms with Gasteiger partial charge in [-0.25, -0.2) is 12.8 Å². The third-order valence-corrected chi connectivity index (χ3v) is 8.22. The number of thioether (sulfide) groups is 1. The number of anilines is 1. The van der Waals surface area contributed by atoms with Gasteiger partial charge in [0.25, 0.3) is 5.91 Å². The van der Waals surface area contributed by atoms with Gasteiger partial charge >= 0.3 is 6.18 Å². The topological polar surface area (TPSA) is 66.8 Å². The molecule has 2 saturated heterocycles. The summed E-state index contributed by atoms with van der Waals surface area (Å²) in [7, 11) is -3.35. The lowest BCUT2D eigenvalue weighted by molar-refractivity contribution is -0.137. The average molecular weight is 472 g/mol. The minimum absolute atomic E-state index is 0.117.